The van der Waals surface area contributed by atoms with Crippen LogP contribution >= 0.6 is 27.3 Å². The zero-order chi connectivity index (χ0) is 21.5. The number of thiazole rings is 1. The predicted octanol–water partition coefficient (Wildman–Crippen LogP) is 5.27. The molecule has 30 heavy (non-hydrogen) atoms. The summed E-state index contributed by atoms with van der Waals surface area (Å²) in [6, 6.07) is 12.0. The first-order valence-electron chi connectivity index (χ1n) is 9.39. The second-order valence-electron chi connectivity index (χ2n) is 6.56. The van der Waals surface area contributed by atoms with Gasteiger partial charge < -0.3 is 14.8 Å². The van der Waals surface area contributed by atoms with Crippen molar-refractivity contribution in [2.45, 2.75) is 13.3 Å². The number of hydrogen-bond donors (Lipinski definition) is 1. The quantitative estimate of drug-likeness (QED) is 0.440. The standard InChI is InChI=1S/C23H23BrN2O3S/c1-15-26-20(14-30-15)18-7-4-16(5-8-18)10-11-25-22(27)9-6-17-12-19(24)23(29-3)21(13-17)28-2/h4-9,12-14H,10-11H2,1-3H3,(H,25,27)/b9-6+. The van der Waals surface area contributed by atoms with Crippen molar-refractivity contribution in [3.63, 3.8) is 0 Å². The molecule has 0 bridgehead atoms. The van der Waals surface area contributed by atoms with Crippen molar-refractivity contribution >= 4 is 39.2 Å². The first kappa shape index (κ1) is 22.1. The molecule has 1 heterocycles. The summed E-state index contributed by atoms with van der Waals surface area (Å²) in [5.41, 5.74) is 4.11. The molecular formula is C23H23BrN2O3S. The molecule has 0 aliphatic rings. The molecule has 3 rings (SSSR count). The van der Waals surface area contributed by atoms with E-state index in [4.69, 9.17) is 9.47 Å². The van der Waals surface area contributed by atoms with Crippen LogP contribution in [0.5, 0.6) is 11.5 Å². The summed E-state index contributed by atoms with van der Waals surface area (Å²) in [5.74, 6) is 1.08. The number of carbonyl (C=O) groups excluding carboxylic acids is 1. The summed E-state index contributed by atoms with van der Waals surface area (Å²) in [7, 11) is 3.16. The smallest absolute Gasteiger partial charge is 0.244 e. The Morgan fingerprint density at radius 2 is 1.97 bits per heavy atom. The van der Waals surface area contributed by atoms with Crippen LogP contribution in [0, 0.1) is 6.92 Å². The third-order valence-electron chi connectivity index (χ3n) is 4.46. The monoisotopic (exact) mass is 486 g/mol. The number of hydrogen-bond acceptors (Lipinski definition) is 5. The van der Waals surface area contributed by atoms with E-state index in [-0.39, 0.29) is 5.91 Å². The first-order valence-corrected chi connectivity index (χ1v) is 11.1. The topological polar surface area (TPSA) is 60.5 Å². The molecule has 0 saturated carbocycles. The second kappa shape index (κ2) is 10.4. The highest BCUT2D eigenvalue weighted by Gasteiger charge is 2.09. The van der Waals surface area contributed by atoms with Gasteiger partial charge in [-0.3, -0.25) is 4.79 Å². The molecule has 0 aliphatic carbocycles. The van der Waals surface area contributed by atoms with Gasteiger partial charge in [0.1, 0.15) is 0 Å². The van der Waals surface area contributed by atoms with Crippen molar-refractivity contribution in [3.8, 4) is 22.8 Å². The SMILES string of the molecule is COc1cc(/C=C/C(=O)NCCc2ccc(-c3csc(C)n3)cc2)cc(Br)c1OC. The minimum Gasteiger partial charge on any atom is -0.493 e. The van der Waals surface area contributed by atoms with Gasteiger partial charge in [-0.15, -0.1) is 11.3 Å². The van der Waals surface area contributed by atoms with Crippen molar-refractivity contribution in [2.75, 3.05) is 20.8 Å². The number of amides is 1. The van der Waals surface area contributed by atoms with Crippen molar-refractivity contribution in [1.82, 2.24) is 10.3 Å². The summed E-state index contributed by atoms with van der Waals surface area (Å²) in [5, 5.41) is 6.04. The highest BCUT2D eigenvalue weighted by Crippen LogP contribution is 2.36. The van der Waals surface area contributed by atoms with E-state index >= 15 is 0 Å². The van der Waals surface area contributed by atoms with Gasteiger partial charge in [0.25, 0.3) is 0 Å². The second-order valence-corrected chi connectivity index (χ2v) is 8.48. The van der Waals surface area contributed by atoms with Crippen molar-refractivity contribution in [2.24, 2.45) is 0 Å². The Labute approximate surface area is 188 Å². The van der Waals surface area contributed by atoms with Gasteiger partial charge in [-0.1, -0.05) is 24.3 Å². The van der Waals surface area contributed by atoms with Gasteiger partial charge in [0.15, 0.2) is 11.5 Å². The zero-order valence-electron chi connectivity index (χ0n) is 17.1. The third-order valence-corrected chi connectivity index (χ3v) is 5.83. The molecule has 0 radical (unpaired) electrons. The van der Waals surface area contributed by atoms with Crippen LogP contribution in [-0.2, 0) is 11.2 Å². The van der Waals surface area contributed by atoms with Gasteiger partial charge in [0.05, 0.1) is 29.4 Å². The molecule has 5 nitrogen and oxygen atoms in total. The van der Waals surface area contributed by atoms with Crippen LogP contribution in [0.1, 0.15) is 16.1 Å². The Morgan fingerprint density at radius 1 is 1.20 bits per heavy atom. The third kappa shape index (κ3) is 5.70. The molecule has 2 aromatic carbocycles. The molecule has 3 aromatic rings. The Balaban J connectivity index is 1.52. The molecule has 0 fully saturated rings. The van der Waals surface area contributed by atoms with E-state index in [1.807, 2.05) is 19.1 Å². The largest absolute Gasteiger partial charge is 0.493 e. The lowest BCUT2D eigenvalue weighted by Gasteiger charge is -2.10. The van der Waals surface area contributed by atoms with Crippen LogP contribution in [-0.4, -0.2) is 31.7 Å². The summed E-state index contributed by atoms with van der Waals surface area (Å²) in [6.45, 7) is 2.57. The van der Waals surface area contributed by atoms with Crippen molar-refractivity contribution < 1.29 is 14.3 Å². The number of nitrogens with one attached hydrogen (secondary N) is 1. The number of benzene rings is 2. The average Bonchev–Trinajstić information content (AvgIpc) is 3.18. The van der Waals surface area contributed by atoms with Gasteiger partial charge in [-0.05, 0) is 58.6 Å². The molecule has 1 aromatic heterocycles. The van der Waals surface area contributed by atoms with Crippen LogP contribution in [0.4, 0.5) is 0 Å². The lowest BCUT2D eigenvalue weighted by atomic mass is 10.1. The fraction of sp³-hybridized carbons (Fsp3) is 0.217. The Kier molecular flexibility index (Phi) is 7.65. The molecule has 0 saturated heterocycles. The number of ether oxygens (including phenoxy) is 2. The minimum atomic E-state index is -0.143. The molecule has 0 atom stereocenters. The van der Waals surface area contributed by atoms with Crippen LogP contribution in [0.15, 0.2) is 52.3 Å². The van der Waals surface area contributed by atoms with E-state index in [0.717, 1.165) is 32.7 Å². The predicted molar refractivity (Wildman–Crippen MR) is 125 cm³/mol. The number of halogens is 1. The molecule has 1 N–H and O–H groups in total. The molecule has 7 heteroatoms. The summed E-state index contributed by atoms with van der Waals surface area (Å²) < 4.78 is 11.4. The normalized spacial score (nSPS) is 10.9. The van der Waals surface area contributed by atoms with Gasteiger partial charge in [-0.2, -0.15) is 0 Å². The summed E-state index contributed by atoms with van der Waals surface area (Å²) in [6.07, 6.45) is 4.02. The fourth-order valence-corrected chi connectivity index (χ4v) is 4.18. The van der Waals surface area contributed by atoms with E-state index in [2.05, 4.69) is 55.9 Å². The number of aromatic nitrogens is 1. The summed E-state index contributed by atoms with van der Waals surface area (Å²) >= 11 is 5.10. The van der Waals surface area contributed by atoms with Crippen LogP contribution in [0.2, 0.25) is 0 Å². The first-order chi connectivity index (χ1) is 14.5. The molecule has 0 spiro atoms. The maximum atomic E-state index is 12.1. The van der Waals surface area contributed by atoms with Gasteiger partial charge >= 0.3 is 0 Å². The lowest BCUT2D eigenvalue weighted by Crippen LogP contribution is -2.23. The van der Waals surface area contributed by atoms with Crippen molar-refractivity contribution in [3.05, 3.63) is 68.5 Å². The highest BCUT2D eigenvalue weighted by atomic mass is 79.9. The number of aryl methyl sites for hydroxylation is 1. The highest BCUT2D eigenvalue weighted by molar-refractivity contribution is 9.10. The molecular weight excluding hydrogens is 464 g/mol. The Hall–Kier alpha value is -2.64. The average molecular weight is 487 g/mol. The number of rotatable bonds is 8. The van der Waals surface area contributed by atoms with E-state index in [1.54, 1.807) is 31.6 Å². The van der Waals surface area contributed by atoms with Gasteiger partial charge in [-0.25, -0.2) is 4.98 Å². The van der Waals surface area contributed by atoms with Gasteiger partial charge in [0.2, 0.25) is 5.91 Å². The van der Waals surface area contributed by atoms with Crippen LogP contribution in [0.3, 0.4) is 0 Å². The van der Waals surface area contributed by atoms with E-state index in [0.29, 0.717) is 18.0 Å². The molecule has 1 amide bonds. The van der Waals surface area contributed by atoms with Gasteiger partial charge in [0, 0.05) is 23.6 Å². The number of nitrogens with zero attached hydrogens (tertiary/aromatic N) is 1. The Bertz CT molecular complexity index is 1050. The lowest BCUT2D eigenvalue weighted by molar-refractivity contribution is -0.116. The minimum absolute atomic E-state index is 0.143. The Morgan fingerprint density at radius 3 is 2.60 bits per heavy atom. The van der Waals surface area contributed by atoms with Crippen molar-refractivity contribution in [1.29, 1.82) is 0 Å². The van der Waals surface area contributed by atoms with Crippen LogP contribution in [0.25, 0.3) is 17.3 Å². The van der Waals surface area contributed by atoms with E-state index in [1.165, 1.54) is 11.6 Å². The maximum absolute atomic E-state index is 12.1. The van der Waals surface area contributed by atoms with Crippen LogP contribution < -0.4 is 14.8 Å². The van der Waals surface area contributed by atoms with E-state index in [9.17, 15) is 4.79 Å². The summed E-state index contributed by atoms with van der Waals surface area (Å²) in [4.78, 5) is 16.6. The molecule has 0 unspecified atom stereocenters. The van der Waals surface area contributed by atoms with E-state index < -0.39 is 0 Å². The number of carbonyl (C=O) groups is 1. The maximum Gasteiger partial charge on any atom is 0.244 e. The molecule has 156 valence electrons. The fourth-order valence-electron chi connectivity index (χ4n) is 2.93. The molecule has 0 aliphatic heterocycles. The number of methoxy groups -OCH3 is 2. The zero-order valence-corrected chi connectivity index (χ0v) is 19.5.